The number of aromatic nitrogens is 1. The third-order valence-corrected chi connectivity index (χ3v) is 12.9. The van der Waals surface area contributed by atoms with Gasteiger partial charge in [-0.2, -0.15) is 0 Å². The lowest BCUT2D eigenvalue weighted by atomic mass is 9.66. The van der Waals surface area contributed by atoms with Crippen molar-refractivity contribution in [2.75, 3.05) is 6.61 Å². The summed E-state index contributed by atoms with van der Waals surface area (Å²) in [6, 6.07) is 6.07. The molecule has 7 heteroatoms. The Morgan fingerprint density at radius 3 is 2.39 bits per heavy atom. The molecule has 1 unspecified atom stereocenters. The number of hydrogen-bond acceptors (Lipinski definition) is 3. The third-order valence-electron chi connectivity index (χ3n) is 6.70. The van der Waals surface area contributed by atoms with Crippen LogP contribution >= 0.6 is 15.9 Å². The fraction of sp³-hybridized carbons (Fsp3) is 0.762. The van der Waals surface area contributed by atoms with Crippen molar-refractivity contribution < 1.29 is 8.63 Å². The minimum Gasteiger partial charge on any atom is -0.417 e. The molecular weight excluding hydrogens is 452 g/mol. The third kappa shape index (κ3) is 5.97. The standard InChI is InChI=1S/C21H37BrN2O2SSi/c1-20(2,3)28(6,7)26-14-15-11-16(12-15)17(13-21(4,5)27(23)25)18-9-8-10-19(22)24-18/h8-10,15-17H,11-14,23H2,1-7H3/t15?,16?,17-,27?/m0/s1. The summed E-state index contributed by atoms with van der Waals surface area (Å²) in [6.07, 6.45) is 3.06. The Morgan fingerprint density at radius 1 is 1.29 bits per heavy atom. The highest BCUT2D eigenvalue weighted by Gasteiger charge is 2.42. The van der Waals surface area contributed by atoms with Gasteiger partial charge in [-0.05, 0) is 91.1 Å². The monoisotopic (exact) mass is 488 g/mol. The van der Waals surface area contributed by atoms with Crippen molar-refractivity contribution in [2.45, 2.75) is 82.7 Å². The molecule has 0 aromatic carbocycles. The summed E-state index contributed by atoms with van der Waals surface area (Å²) in [5, 5.41) is 6.02. The molecule has 0 bridgehead atoms. The summed E-state index contributed by atoms with van der Waals surface area (Å²) in [4.78, 5) is 4.72. The summed E-state index contributed by atoms with van der Waals surface area (Å²) in [5.74, 6) is 1.42. The fourth-order valence-corrected chi connectivity index (χ4v) is 5.34. The van der Waals surface area contributed by atoms with Crippen LogP contribution in [0.1, 0.15) is 65.5 Å². The second-order valence-electron chi connectivity index (χ2n) is 10.4. The molecule has 1 saturated carbocycles. The summed E-state index contributed by atoms with van der Waals surface area (Å²) < 4.78 is 18.9. The minimum absolute atomic E-state index is 0.244. The number of nitrogens with two attached hydrogens (primary N) is 1. The van der Waals surface area contributed by atoms with Gasteiger partial charge in [0.2, 0.25) is 0 Å². The van der Waals surface area contributed by atoms with Crippen molar-refractivity contribution in [3.63, 3.8) is 0 Å². The molecule has 0 spiro atoms. The van der Waals surface area contributed by atoms with Crippen molar-refractivity contribution in [3.8, 4) is 0 Å². The van der Waals surface area contributed by atoms with Crippen LogP contribution in [0.4, 0.5) is 0 Å². The van der Waals surface area contributed by atoms with Gasteiger partial charge in [-0.25, -0.2) is 9.19 Å². The average molecular weight is 490 g/mol. The van der Waals surface area contributed by atoms with Gasteiger partial charge < -0.3 is 4.43 Å². The van der Waals surface area contributed by atoms with Gasteiger partial charge in [-0.15, -0.1) is 0 Å². The van der Waals surface area contributed by atoms with Crippen molar-refractivity contribution in [3.05, 3.63) is 28.5 Å². The lowest BCUT2D eigenvalue weighted by molar-refractivity contribution is 0.0892. The average Bonchev–Trinajstić information content (AvgIpc) is 2.50. The molecule has 2 atom stereocenters. The van der Waals surface area contributed by atoms with Crippen LogP contribution in [0, 0.1) is 11.8 Å². The second kappa shape index (κ2) is 8.96. The van der Waals surface area contributed by atoms with Gasteiger partial charge in [0.1, 0.15) is 4.60 Å². The Balaban J connectivity index is 2.05. The Hall–Kier alpha value is -0.0831. The van der Waals surface area contributed by atoms with Crippen molar-refractivity contribution >= 4 is 35.2 Å². The summed E-state index contributed by atoms with van der Waals surface area (Å²) in [6.45, 7) is 16.3. The van der Waals surface area contributed by atoms with Gasteiger partial charge in [0.25, 0.3) is 0 Å². The van der Waals surface area contributed by atoms with Crippen LogP contribution in [-0.2, 0) is 15.4 Å². The molecule has 1 aliphatic rings. The van der Waals surface area contributed by atoms with Gasteiger partial charge in [0, 0.05) is 18.2 Å². The van der Waals surface area contributed by atoms with Gasteiger partial charge in [0.05, 0.1) is 15.7 Å². The van der Waals surface area contributed by atoms with E-state index in [1.54, 1.807) is 0 Å². The predicted octanol–water partition coefficient (Wildman–Crippen LogP) is 5.77. The predicted molar refractivity (Wildman–Crippen MR) is 125 cm³/mol. The molecule has 1 heterocycles. The van der Waals surface area contributed by atoms with E-state index < -0.39 is 24.1 Å². The molecule has 4 nitrogen and oxygen atoms in total. The maximum absolute atomic E-state index is 12.0. The lowest BCUT2D eigenvalue weighted by Crippen LogP contribution is -2.44. The van der Waals surface area contributed by atoms with Gasteiger partial charge in [-0.3, -0.25) is 5.14 Å². The van der Waals surface area contributed by atoms with Crippen LogP contribution in [0.5, 0.6) is 0 Å². The van der Waals surface area contributed by atoms with Gasteiger partial charge >= 0.3 is 0 Å². The molecule has 1 aliphatic carbocycles. The number of nitrogens with zero attached hydrogens (tertiary/aromatic N) is 1. The van der Waals surface area contributed by atoms with Crippen LogP contribution in [0.25, 0.3) is 0 Å². The van der Waals surface area contributed by atoms with E-state index in [1.807, 2.05) is 26.0 Å². The summed E-state index contributed by atoms with van der Waals surface area (Å²) in [7, 11) is -3.06. The van der Waals surface area contributed by atoms with E-state index in [-0.39, 0.29) is 11.0 Å². The molecule has 1 fully saturated rings. The highest BCUT2D eigenvalue weighted by atomic mass is 79.9. The number of halogens is 1. The van der Waals surface area contributed by atoms with E-state index in [0.29, 0.717) is 11.8 Å². The molecule has 0 saturated heterocycles. The highest BCUT2D eigenvalue weighted by molar-refractivity contribution is 9.10. The van der Waals surface area contributed by atoms with E-state index in [9.17, 15) is 4.21 Å². The van der Waals surface area contributed by atoms with E-state index >= 15 is 0 Å². The number of rotatable bonds is 8. The van der Waals surface area contributed by atoms with E-state index in [4.69, 9.17) is 14.5 Å². The van der Waals surface area contributed by atoms with Gasteiger partial charge in [0.15, 0.2) is 8.32 Å². The normalized spacial score (nSPS) is 23.2. The molecule has 160 valence electrons. The number of hydrogen-bond donors (Lipinski definition) is 1. The fourth-order valence-electron chi connectivity index (χ4n) is 3.55. The van der Waals surface area contributed by atoms with Crippen LogP contribution in [0.3, 0.4) is 0 Å². The smallest absolute Gasteiger partial charge is 0.191 e. The molecule has 2 rings (SSSR count). The SMILES string of the molecule is CC(C)(C[C@H](c1cccc(Br)n1)C1CC(CO[Si](C)(C)C(C)(C)C)C1)S(N)=O. The molecule has 0 radical (unpaired) electrons. The van der Waals surface area contributed by atoms with E-state index in [2.05, 4.69) is 55.9 Å². The molecule has 28 heavy (non-hydrogen) atoms. The molecular formula is C21H37BrN2O2SSi. The zero-order valence-electron chi connectivity index (χ0n) is 18.4. The van der Waals surface area contributed by atoms with E-state index in [1.165, 1.54) is 0 Å². The molecule has 1 aromatic heterocycles. The first-order valence-electron chi connectivity index (χ1n) is 10.2. The largest absolute Gasteiger partial charge is 0.417 e. The van der Waals surface area contributed by atoms with Crippen LogP contribution in [0.2, 0.25) is 18.1 Å². The Morgan fingerprint density at radius 2 is 1.89 bits per heavy atom. The molecule has 0 amide bonds. The Bertz CT molecular complexity index is 700. The maximum atomic E-state index is 12.0. The van der Waals surface area contributed by atoms with Crippen LogP contribution in [0.15, 0.2) is 22.8 Å². The first-order chi connectivity index (χ1) is 12.7. The first kappa shape index (κ1) is 24.2. The quantitative estimate of drug-likeness (QED) is 0.373. The van der Waals surface area contributed by atoms with Crippen molar-refractivity contribution in [1.82, 2.24) is 4.98 Å². The summed E-state index contributed by atoms with van der Waals surface area (Å²) in [5.41, 5.74) is 1.07. The zero-order valence-corrected chi connectivity index (χ0v) is 21.8. The lowest BCUT2D eigenvalue weighted by Gasteiger charge is -2.44. The zero-order chi connectivity index (χ0) is 21.3. The van der Waals surface area contributed by atoms with E-state index in [0.717, 1.165) is 36.2 Å². The molecule has 1 aromatic rings. The minimum atomic E-state index is -1.70. The molecule has 2 N–H and O–H groups in total. The molecule has 0 aliphatic heterocycles. The Labute approximate surface area is 183 Å². The summed E-state index contributed by atoms with van der Waals surface area (Å²) >= 11 is 3.49. The number of pyridine rings is 1. The van der Waals surface area contributed by atoms with Crippen LogP contribution in [-0.4, -0.2) is 28.9 Å². The van der Waals surface area contributed by atoms with Crippen LogP contribution < -0.4 is 5.14 Å². The van der Waals surface area contributed by atoms with Crippen molar-refractivity contribution in [2.24, 2.45) is 17.0 Å². The van der Waals surface area contributed by atoms with Crippen molar-refractivity contribution in [1.29, 1.82) is 0 Å². The highest BCUT2D eigenvalue weighted by Crippen LogP contribution is 2.47. The maximum Gasteiger partial charge on any atom is 0.191 e. The first-order valence-corrected chi connectivity index (χ1v) is 15.1. The van der Waals surface area contributed by atoms with Gasteiger partial charge in [-0.1, -0.05) is 26.8 Å². The second-order valence-corrected chi connectivity index (χ2v) is 17.7. The topological polar surface area (TPSA) is 65.2 Å². The Kier molecular flexibility index (Phi) is 7.74.